The Morgan fingerprint density at radius 1 is 1.24 bits per heavy atom. The molecular weight excluding hydrogens is 438 g/mol. The third-order valence-corrected chi connectivity index (χ3v) is 5.37. The molecule has 1 N–H and O–H groups in total. The number of phenolic OH excluding ortho intramolecular Hbond substituents is 1. The van der Waals surface area contributed by atoms with Gasteiger partial charge in [0.2, 0.25) is 0 Å². The van der Waals surface area contributed by atoms with E-state index in [1.807, 2.05) is 6.07 Å². The molecule has 1 aromatic heterocycles. The molecule has 0 radical (unpaired) electrons. The molecule has 2 heterocycles. The van der Waals surface area contributed by atoms with Crippen LogP contribution in [0.5, 0.6) is 5.75 Å². The van der Waals surface area contributed by atoms with Crippen molar-refractivity contribution in [2.75, 3.05) is 6.54 Å². The van der Waals surface area contributed by atoms with Crippen LogP contribution in [0.15, 0.2) is 51.2 Å². The first-order valence-electron chi connectivity index (χ1n) is 8.59. The Morgan fingerprint density at radius 3 is 2.76 bits per heavy atom. The second-order valence-corrected chi connectivity index (χ2v) is 6.97. The van der Waals surface area contributed by atoms with Gasteiger partial charge in [-0.2, -0.15) is 5.26 Å². The molecule has 0 spiro atoms. The zero-order valence-corrected chi connectivity index (χ0v) is 16.6. The topological polar surface area (TPSA) is 119 Å². The number of imide groups is 1. The maximum atomic E-state index is 12.6. The van der Waals surface area contributed by atoms with Gasteiger partial charge < -0.3 is 5.11 Å². The van der Waals surface area contributed by atoms with E-state index in [0.29, 0.717) is 16.6 Å². The molecule has 1 aliphatic heterocycles. The third-order valence-electron chi connectivity index (χ3n) is 4.59. The van der Waals surface area contributed by atoms with Crippen LogP contribution >= 0.6 is 15.9 Å². The van der Waals surface area contributed by atoms with Crippen molar-refractivity contribution in [3.63, 3.8) is 0 Å². The number of nitriles is 1. The smallest absolute Gasteiger partial charge is 0.262 e. The molecule has 0 atom stereocenters. The summed E-state index contributed by atoms with van der Waals surface area (Å²) < 4.78 is 0.241. The number of aromatic hydroxyl groups is 1. The molecular formula is C20H12BrN5O3. The monoisotopic (exact) mass is 449 g/mol. The van der Waals surface area contributed by atoms with Gasteiger partial charge in [-0.05, 0) is 53.2 Å². The molecule has 3 aromatic rings. The number of carbonyl (C=O) groups is 2. The Bertz CT molecular complexity index is 1280. The standard InChI is InChI=1S/C20H12BrN5O3/c1-2-26-19(28)12-8-10(9-22)17(16(21)15(12)20(26)29)25-24-13-5-6-14(27)18-11(13)4-3-7-23-18/h3-8,27H,2H2,1H3. The normalized spacial score (nSPS) is 13.3. The van der Waals surface area contributed by atoms with Crippen LogP contribution in [0.25, 0.3) is 10.9 Å². The van der Waals surface area contributed by atoms with Crippen LogP contribution in [0, 0.1) is 11.3 Å². The molecule has 2 aromatic carbocycles. The number of benzene rings is 2. The first-order chi connectivity index (χ1) is 14.0. The highest BCUT2D eigenvalue weighted by atomic mass is 79.9. The van der Waals surface area contributed by atoms with Gasteiger partial charge in [-0.25, -0.2) is 0 Å². The highest BCUT2D eigenvalue weighted by Gasteiger charge is 2.38. The Labute approximate surface area is 173 Å². The second-order valence-electron chi connectivity index (χ2n) is 6.18. The van der Waals surface area contributed by atoms with Gasteiger partial charge in [0.15, 0.2) is 0 Å². The fourth-order valence-corrected chi connectivity index (χ4v) is 3.87. The summed E-state index contributed by atoms with van der Waals surface area (Å²) in [7, 11) is 0. The molecule has 2 amide bonds. The van der Waals surface area contributed by atoms with Gasteiger partial charge in [0, 0.05) is 18.1 Å². The Balaban J connectivity index is 1.87. The van der Waals surface area contributed by atoms with Crippen LogP contribution in [0.2, 0.25) is 0 Å². The summed E-state index contributed by atoms with van der Waals surface area (Å²) >= 11 is 3.33. The van der Waals surface area contributed by atoms with Gasteiger partial charge in [0.05, 0.1) is 26.9 Å². The third kappa shape index (κ3) is 2.85. The number of aromatic nitrogens is 1. The van der Waals surface area contributed by atoms with Crippen LogP contribution < -0.4 is 0 Å². The molecule has 0 fully saturated rings. The molecule has 0 saturated carbocycles. The van der Waals surface area contributed by atoms with Crippen molar-refractivity contribution in [1.29, 1.82) is 5.26 Å². The van der Waals surface area contributed by atoms with Crippen LogP contribution in [-0.4, -0.2) is 33.3 Å². The zero-order valence-electron chi connectivity index (χ0n) is 15.0. The van der Waals surface area contributed by atoms with Gasteiger partial charge in [0.25, 0.3) is 11.8 Å². The van der Waals surface area contributed by atoms with Crippen molar-refractivity contribution in [1.82, 2.24) is 9.88 Å². The first-order valence-corrected chi connectivity index (χ1v) is 9.38. The second kappa shape index (κ2) is 7.07. The quantitative estimate of drug-likeness (QED) is 0.462. The van der Waals surface area contributed by atoms with Crippen LogP contribution in [0.4, 0.5) is 11.4 Å². The molecule has 0 unspecified atom stereocenters. The summed E-state index contributed by atoms with van der Waals surface area (Å²) in [6.45, 7) is 1.93. The average molecular weight is 450 g/mol. The fraction of sp³-hybridized carbons (Fsp3) is 0.100. The molecule has 0 bridgehead atoms. The number of halogens is 1. The molecule has 8 nitrogen and oxygen atoms in total. The Morgan fingerprint density at radius 2 is 2.03 bits per heavy atom. The summed E-state index contributed by atoms with van der Waals surface area (Å²) in [5.41, 5.74) is 1.40. The number of nitrogens with zero attached hydrogens (tertiary/aromatic N) is 5. The van der Waals surface area contributed by atoms with Crippen molar-refractivity contribution in [2.24, 2.45) is 10.2 Å². The Hall–Kier alpha value is -3.64. The molecule has 1 aliphatic rings. The van der Waals surface area contributed by atoms with Crippen molar-refractivity contribution >= 4 is 50.0 Å². The van der Waals surface area contributed by atoms with E-state index in [4.69, 9.17) is 0 Å². The van der Waals surface area contributed by atoms with Crippen LogP contribution in [0.3, 0.4) is 0 Å². The summed E-state index contributed by atoms with van der Waals surface area (Å²) in [5, 5.41) is 28.4. The number of hydrogen-bond acceptors (Lipinski definition) is 7. The lowest BCUT2D eigenvalue weighted by atomic mass is 10.0. The largest absolute Gasteiger partial charge is 0.506 e. The van der Waals surface area contributed by atoms with Crippen molar-refractivity contribution in [2.45, 2.75) is 6.92 Å². The molecule has 29 heavy (non-hydrogen) atoms. The summed E-state index contributed by atoms with van der Waals surface area (Å²) in [4.78, 5) is 30.2. The number of carbonyl (C=O) groups excluding carboxylic acids is 2. The van der Waals surface area contributed by atoms with E-state index in [0.717, 1.165) is 4.90 Å². The van der Waals surface area contributed by atoms with Crippen molar-refractivity contribution in [3.8, 4) is 11.8 Å². The number of pyridine rings is 1. The van der Waals surface area contributed by atoms with Crippen LogP contribution in [0.1, 0.15) is 33.2 Å². The maximum Gasteiger partial charge on any atom is 0.262 e. The number of hydrogen-bond donors (Lipinski definition) is 1. The highest BCUT2D eigenvalue weighted by Crippen LogP contribution is 2.40. The average Bonchev–Trinajstić information content (AvgIpc) is 2.98. The van der Waals surface area contributed by atoms with Crippen molar-refractivity contribution < 1.29 is 14.7 Å². The molecule has 142 valence electrons. The van der Waals surface area contributed by atoms with E-state index in [1.54, 1.807) is 31.3 Å². The van der Waals surface area contributed by atoms with E-state index >= 15 is 0 Å². The summed E-state index contributed by atoms with van der Waals surface area (Å²) in [5.74, 6) is -0.872. The lowest BCUT2D eigenvalue weighted by Crippen LogP contribution is -2.29. The zero-order chi connectivity index (χ0) is 20.7. The molecule has 0 saturated heterocycles. The van der Waals surface area contributed by atoms with Gasteiger partial charge in [-0.1, -0.05) is 0 Å². The van der Waals surface area contributed by atoms with E-state index in [2.05, 4.69) is 31.1 Å². The number of amides is 2. The summed E-state index contributed by atoms with van der Waals surface area (Å²) in [6, 6.07) is 9.83. The van der Waals surface area contributed by atoms with E-state index in [9.17, 15) is 20.0 Å². The highest BCUT2D eigenvalue weighted by molar-refractivity contribution is 9.10. The SMILES string of the molecule is CCN1C(=O)c2cc(C#N)c(N=Nc3ccc(O)c4ncccc34)c(Br)c2C1=O. The maximum absolute atomic E-state index is 12.6. The molecule has 4 rings (SSSR count). The van der Waals surface area contributed by atoms with E-state index in [1.165, 1.54) is 12.1 Å². The number of rotatable bonds is 3. The lowest BCUT2D eigenvalue weighted by molar-refractivity contribution is 0.0662. The Kier molecular flexibility index (Phi) is 4.56. The predicted octanol–water partition coefficient (Wildman–Crippen LogP) is 4.61. The molecule has 0 aliphatic carbocycles. The van der Waals surface area contributed by atoms with E-state index in [-0.39, 0.29) is 39.1 Å². The number of azo groups is 1. The number of phenols is 1. The van der Waals surface area contributed by atoms with Crippen LogP contribution in [-0.2, 0) is 0 Å². The van der Waals surface area contributed by atoms with Crippen molar-refractivity contribution in [3.05, 3.63) is 57.7 Å². The lowest BCUT2D eigenvalue weighted by Gasteiger charge is -2.09. The fourth-order valence-electron chi connectivity index (χ4n) is 3.19. The predicted molar refractivity (Wildman–Crippen MR) is 107 cm³/mol. The number of fused-ring (bicyclic) bond motifs is 2. The van der Waals surface area contributed by atoms with Gasteiger partial charge in [0.1, 0.15) is 23.0 Å². The minimum absolute atomic E-state index is 0.0136. The van der Waals surface area contributed by atoms with Gasteiger partial charge >= 0.3 is 0 Å². The minimum atomic E-state index is -0.445. The van der Waals surface area contributed by atoms with Gasteiger partial charge in [-0.15, -0.1) is 10.2 Å². The summed E-state index contributed by atoms with van der Waals surface area (Å²) in [6.07, 6.45) is 1.55. The minimum Gasteiger partial charge on any atom is -0.506 e. The molecule has 9 heteroatoms. The first kappa shape index (κ1) is 18.7. The van der Waals surface area contributed by atoms with E-state index < -0.39 is 11.8 Å². The van der Waals surface area contributed by atoms with Gasteiger partial charge in [-0.3, -0.25) is 19.5 Å².